The van der Waals surface area contributed by atoms with Crippen molar-refractivity contribution in [2.45, 2.75) is 38.8 Å². The molecule has 2 aromatic carbocycles. The maximum Gasteiger partial charge on any atom is 0.453 e. The molecule has 1 aliphatic rings. The molecule has 1 aliphatic heterocycles. The molecule has 6 nitrogen and oxygen atoms in total. The van der Waals surface area contributed by atoms with Crippen molar-refractivity contribution in [1.29, 1.82) is 0 Å². The number of hydrogen-bond acceptors (Lipinski definition) is 6. The lowest BCUT2D eigenvalue weighted by atomic mass is 10.1. The number of rotatable bonds is 4. The third kappa shape index (κ3) is 4.87. The van der Waals surface area contributed by atoms with Crippen LogP contribution in [0.2, 0.25) is 0 Å². The van der Waals surface area contributed by atoms with Crippen LogP contribution in [0, 0.1) is 0 Å². The standard InChI is InChI=1S/C23H21BrF3NO5/c1-12-9-28(10-13(2)31-12)11-15-17(29)8-7-14-19(30)21(22(23(25,26)27)33-20(14)15)32-18-6-4-3-5-16(18)24/h3-8,12-13,29H,9-11H2,1-2H3/t12-,13+. The van der Waals surface area contributed by atoms with Gasteiger partial charge in [-0.3, -0.25) is 9.69 Å². The van der Waals surface area contributed by atoms with Crippen LogP contribution in [0.1, 0.15) is 25.2 Å². The topological polar surface area (TPSA) is 72.1 Å². The van der Waals surface area contributed by atoms with Gasteiger partial charge in [0.1, 0.15) is 17.1 Å². The summed E-state index contributed by atoms with van der Waals surface area (Å²) in [6.45, 7) is 4.89. The van der Waals surface area contributed by atoms with Crippen molar-refractivity contribution in [3.8, 4) is 17.2 Å². The second-order valence-corrected chi connectivity index (χ2v) is 8.87. The Kier molecular flexibility index (Phi) is 6.43. The molecule has 1 saturated heterocycles. The number of benzene rings is 2. The highest BCUT2D eigenvalue weighted by molar-refractivity contribution is 9.10. The highest BCUT2D eigenvalue weighted by Gasteiger charge is 2.41. The predicted molar refractivity (Wildman–Crippen MR) is 119 cm³/mol. The highest BCUT2D eigenvalue weighted by atomic mass is 79.9. The van der Waals surface area contributed by atoms with Crippen LogP contribution in [0.3, 0.4) is 0 Å². The average molecular weight is 528 g/mol. The third-order valence-corrected chi connectivity index (χ3v) is 5.94. The predicted octanol–water partition coefficient (Wildman–Crippen LogP) is 5.68. The Balaban J connectivity index is 1.87. The lowest BCUT2D eigenvalue weighted by molar-refractivity contribution is -0.154. The van der Waals surface area contributed by atoms with Gasteiger partial charge in [0, 0.05) is 19.6 Å². The summed E-state index contributed by atoms with van der Waals surface area (Å²) in [6, 6.07) is 8.74. The van der Waals surface area contributed by atoms with E-state index < -0.39 is 23.1 Å². The fourth-order valence-corrected chi connectivity index (χ4v) is 4.36. The van der Waals surface area contributed by atoms with Gasteiger partial charge in [0.2, 0.25) is 11.2 Å². The Bertz CT molecular complexity index is 1230. The summed E-state index contributed by atoms with van der Waals surface area (Å²) in [7, 11) is 0. The van der Waals surface area contributed by atoms with E-state index in [1.807, 2.05) is 18.7 Å². The number of alkyl halides is 3. The SMILES string of the molecule is C[C@@H]1CN(Cc2c(O)ccc3c(=O)c(Oc4ccccc4Br)c(C(F)(F)F)oc23)C[C@H](C)O1. The Labute approximate surface area is 195 Å². The van der Waals surface area contributed by atoms with Gasteiger partial charge in [0.15, 0.2) is 0 Å². The highest BCUT2D eigenvalue weighted by Crippen LogP contribution is 2.41. The molecule has 0 saturated carbocycles. The van der Waals surface area contributed by atoms with Gasteiger partial charge in [-0.1, -0.05) is 12.1 Å². The molecule has 1 fully saturated rings. The van der Waals surface area contributed by atoms with Gasteiger partial charge >= 0.3 is 6.18 Å². The zero-order valence-electron chi connectivity index (χ0n) is 17.8. The second kappa shape index (κ2) is 9.00. The van der Waals surface area contributed by atoms with Crippen molar-refractivity contribution in [3.63, 3.8) is 0 Å². The molecule has 10 heteroatoms. The number of phenols is 1. The van der Waals surface area contributed by atoms with Gasteiger partial charge in [-0.05, 0) is 54.0 Å². The summed E-state index contributed by atoms with van der Waals surface area (Å²) in [5.74, 6) is -2.76. The number of fused-ring (bicyclic) bond motifs is 1. The summed E-state index contributed by atoms with van der Waals surface area (Å²) in [6.07, 6.45) is -5.19. The van der Waals surface area contributed by atoms with Crippen molar-refractivity contribution in [2.75, 3.05) is 13.1 Å². The minimum Gasteiger partial charge on any atom is -0.507 e. The van der Waals surface area contributed by atoms with Gasteiger partial charge in [-0.15, -0.1) is 0 Å². The monoisotopic (exact) mass is 527 g/mol. The first-order valence-corrected chi connectivity index (χ1v) is 11.0. The first-order valence-electron chi connectivity index (χ1n) is 10.2. The lowest BCUT2D eigenvalue weighted by Crippen LogP contribution is -2.44. The van der Waals surface area contributed by atoms with E-state index in [-0.39, 0.29) is 46.8 Å². The minimum atomic E-state index is -5.01. The van der Waals surface area contributed by atoms with Crippen LogP contribution in [-0.2, 0) is 17.5 Å². The number of phenolic OH excluding ortho intramolecular Hbond substituents is 1. The molecular weight excluding hydrogens is 507 g/mol. The maximum absolute atomic E-state index is 13.9. The minimum absolute atomic E-state index is 0.0324. The number of morpholine rings is 1. The lowest BCUT2D eigenvalue weighted by Gasteiger charge is -2.35. The number of aromatic hydroxyl groups is 1. The zero-order valence-corrected chi connectivity index (χ0v) is 19.4. The van der Waals surface area contributed by atoms with Gasteiger partial charge < -0.3 is 19.0 Å². The Morgan fingerprint density at radius 1 is 1.15 bits per heavy atom. The molecule has 0 spiro atoms. The van der Waals surface area contributed by atoms with Crippen molar-refractivity contribution in [1.82, 2.24) is 4.90 Å². The molecule has 0 bridgehead atoms. The van der Waals surface area contributed by atoms with Gasteiger partial charge in [-0.25, -0.2) is 0 Å². The van der Waals surface area contributed by atoms with Crippen LogP contribution >= 0.6 is 15.9 Å². The first kappa shape index (κ1) is 23.6. The molecule has 1 N–H and O–H groups in total. The van der Waals surface area contributed by atoms with Crippen molar-refractivity contribution >= 4 is 26.9 Å². The van der Waals surface area contributed by atoms with E-state index in [1.165, 1.54) is 18.2 Å². The molecule has 176 valence electrons. The molecular formula is C23H21BrF3NO5. The summed E-state index contributed by atoms with van der Waals surface area (Å²) in [5, 5.41) is 10.3. The summed E-state index contributed by atoms with van der Waals surface area (Å²) in [5.41, 5.74) is -1.20. The van der Waals surface area contributed by atoms with Gasteiger partial charge in [0.25, 0.3) is 5.76 Å². The van der Waals surface area contributed by atoms with Crippen molar-refractivity contribution in [2.24, 2.45) is 0 Å². The summed E-state index contributed by atoms with van der Waals surface area (Å²) >= 11 is 3.20. The number of nitrogens with zero attached hydrogens (tertiary/aromatic N) is 1. The summed E-state index contributed by atoms with van der Waals surface area (Å²) in [4.78, 5) is 15.1. The van der Waals surface area contributed by atoms with Crippen LogP contribution in [-0.4, -0.2) is 35.3 Å². The molecule has 0 aliphatic carbocycles. The Hall–Kier alpha value is -2.56. The Morgan fingerprint density at radius 2 is 1.82 bits per heavy atom. The smallest absolute Gasteiger partial charge is 0.453 e. The van der Waals surface area contributed by atoms with E-state index in [1.54, 1.807) is 18.2 Å². The molecule has 2 heterocycles. The molecule has 0 radical (unpaired) electrons. The van der Waals surface area contributed by atoms with Crippen LogP contribution < -0.4 is 10.2 Å². The van der Waals surface area contributed by atoms with Gasteiger partial charge in [0.05, 0.1) is 27.6 Å². The van der Waals surface area contributed by atoms with Crippen LogP contribution in [0.5, 0.6) is 17.2 Å². The molecule has 33 heavy (non-hydrogen) atoms. The summed E-state index contributed by atoms with van der Waals surface area (Å²) < 4.78 is 58.5. The first-order chi connectivity index (χ1) is 15.5. The molecule has 0 unspecified atom stereocenters. The molecule has 4 rings (SSSR count). The Morgan fingerprint density at radius 3 is 2.45 bits per heavy atom. The zero-order chi connectivity index (χ0) is 23.9. The van der Waals surface area contributed by atoms with E-state index in [4.69, 9.17) is 13.9 Å². The fraction of sp³-hybridized carbons (Fsp3) is 0.348. The molecule has 0 amide bonds. The van der Waals surface area contributed by atoms with E-state index in [0.717, 1.165) is 0 Å². The van der Waals surface area contributed by atoms with Crippen LogP contribution in [0.25, 0.3) is 11.0 Å². The van der Waals surface area contributed by atoms with E-state index in [0.29, 0.717) is 17.6 Å². The molecule has 3 aromatic rings. The van der Waals surface area contributed by atoms with E-state index in [9.17, 15) is 23.1 Å². The quantitative estimate of drug-likeness (QED) is 0.470. The van der Waals surface area contributed by atoms with E-state index in [2.05, 4.69) is 15.9 Å². The third-order valence-electron chi connectivity index (χ3n) is 5.28. The largest absolute Gasteiger partial charge is 0.507 e. The van der Waals surface area contributed by atoms with Gasteiger partial charge in [-0.2, -0.15) is 13.2 Å². The van der Waals surface area contributed by atoms with Crippen molar-refractivity contribution < 1.29 is 32.2 Å². The second-order valence-electron chi connectivity index (χ2n) is 8.01. The van der Waals surface area contributed by atoms with Crippen LogP contribution in [0.4, 0.5) is 13.2 Å². The molecule has 2 atom stereocenters. The fourth-order valence-electron chi connectivity index (χ4n) is 3.99. The normalized spacial score (nSPS) is 19.7. The average Bonchev–Trinajstić information content (AvgIpc) is 2.72. The number of para-hydroxylation sites is 1. The van der Waals surface area contributed by atoms with E-state index >= 15 is 0 Å². The van der Waals surface area contributed by atoms with Crippen molar-refractivity contribution in [3.05, 3.63) is 62.4 Å². The number of halogens is 4. The maximum atomic E-state index is 13.9. The number of hydrogen-bond donors (Lipinski definition) is 1. The number of ether oxygens (including phenoxy) is 2. The van der Waals surface area contributed by atoms with Crippen LogP contribution in [0.15, 0.2) is 50.1 Å². The molecule has 1 aromatic heterocycles.